The van der Waals surface area contributed by atoms with Gasteiger partial charge in [0, 0.05) is 33.0 Å². The summed E-state index contributed by atoms with van der Waals surface area (Å²) >= 11 is 7.05. The van der Waals surface area contributed by atoms with Gasteiger partial charge >= 0.3 is 0 Å². The van der Waals surface area contributed by atoms with Gasteiger partial charge in [-0.1, -0.05) is 31.7 Å². The van der Waals surface area contributed by atoms with E-state index in [0.29, 0.717) is 6.04 Å². The molecule has 0 unspecified atom stereocenters. The molecule has 0 bridgehead atoms. The molecule has 2 rings (SSSR count). The van der Waals surface area contributed by atoms with Gasteiger partial charge in [-0.15, -0.1) is 11.3 Å². The molecule has 2 nitrogen and oxygen atoms in total. The molecule has 0 atom stereocenters. The molecule has 2 aromatic rings. The molecule has 0 saturated carbocycles. The van der Waals surface area contributed by atoms with E-state index in [-0.39, 0.29) is 0 Å². The largest absolute Gasteiger partial charge is 0.310 e. The molecule has 0 fully saturated rings. The van der Waals surface area contributed by atoms with Crippen LogP contribution in [-0.2, 0) is 6.54 Å². The van der Waals surface area contributed by atoms with Gasteiger partial charge in [0.1, 0.15) is 0 Å². The molecule has 102 valence electrons. The van der Waals surface area contributed by atoms with E-state index in [9.17, 15) is 0 Å². The molecule has 0 aliphatic heterocycles. The summed E-state index contributed by atoms with van der Waals surface area (Å²) in [6.07, 6.45) is 0. The van der Waals surface area contributed by atoms with Crippen LogP contribution in [0.15, 0.2) is 37.3 Å². The van der Waals surface area contributed by atoms with Gasteiger partial charge in [-0.2, -0.15) is 0 Å². The van der Waals surface area contributed by atoms with Crippen LogP contribution in [0.1, 0.15) is 25.1 Å². The Bertz CT molecular complexity index is 552. The van der Waals surface area contributed by atoms with E-state index in [4.69, 9.17) is 0 Å². The Morgan fingerprint density at radius 2 is 2.21 bits per heavy atom. The lowest BCUT2D eigenvalue weighted by molar-refractivity contribution is 0.588. The van der Waals surface area contributed by atoms with Crippen LogP contribution >= 0.6 is 39.0 Å². The van der Waals surface area contributed by atoms with Gasteiger partial charge in [-0.3, -0.25) is 0 Å². The molecule has 19 heavy (non-hydrogen) atoms. The summed E-state index contributed by atoms with van der Waals surface area (Å²) in [5.74, 6) is 0. The van der Waals surface area contributed by atoms with Crippen LogP contribution in [0.4, 0.5) is 0 Å². The van der Waals surface area contributed by atoms with Crippen LogP contribution in [0.5, 0.6) is 0 Å². The normalized spacial score (nSPS) is 11.2. The Hall–Kier alpha value is -0.360. The van der Waals surface area contributed by atoms with Gasteiger partial charge < -0.3 is 5.32 Å². The zero-order chi connectivity index (χ0) is 13.8. The van der Waals surface area contributed by atoms with Crippen molar-refractivity contribution in [3.8, 4) is 0 Å². The molecule has 0 saturated heterocycles. The average molecular weight is 357 g/mol. The first-order valence-corrected chi connectivity index (χ1v) is 8.65. The minimum Gasteiger partial charge on any atom is -0.310 e. The predicted molar refractivity (Wildman–Crippen MR) is 87.1 cm³/mol. The lowest BCUT2D eigenvalue weighted by Gasteiger charge is -2.09. The number of aryl methyl sites for hydroxylation is 1. The molecule has 1 aromatic carbocycles. The molecule has 0 aliphatic carbocycles. The van der Waals surface area contributed by atoms with Gasteiger partial charge in [0.25, 0.3) is 0 Å². The van der Waals surface area contributed by atoms with E-state index in [0.717, 1.165) is 21.1 Å². The van der Waals surface area contributed by atoms with Crippen molar-refractivity contribution in [2.45, 2.75) is 42.6 Å². The molecule has 0 aliphatic rings. The fourth-order valence-electron chi connectivity index (χ4n) is 1.53. The second kappa shape index (κ2) is 6.88. The topological polar surface area (TPSA) is 24.9 Å². The standard InChI is InChI=1S/C14H17BrN2S2/c1-9(2)16-7-11-4-5-13(12(15)6-11)19-14-17-10(3)8-18-14/h4-6,8-9,16H,7H2,1-3H3. The molecule has 0 spiro atoms. The van der Waals surface area contributed by atoms with Crippen molar-refractivity contribution < 1.29 is 0 Å². The smallest absolute Gasteiger partial charge is 0.154 e. The minimum atomic E-state index is 0.506. The van der Waals surface area contributed by atoms with E-state index in [2.05, 4.69) is 63.7 Å². The first-order chi connectivity index (χ1) is 9.04. The maximum absolute atomic E-state index is 4.48. The van der Waals surface area contributed by atoms with Crippen molar-refractivity contribution in [2.75, 3.05) is 0 Å². The van der Waals surface area contributed by atoms with Gasteiger partial charge in [0.15, 0.2) is 4.34 Å². The van der Waals surface area contributed by atoms with Crippen molar-refractivity contribution in [1.82, 2.24) is 10.3 Å². The lowest BCUT2D eigenvalue weighted by atomic mass is 10.2. The van der Waals surface area contributed by atoms with Crippen molar-refractivity contribution in [1.29, 1.82) is 0 Å². The molecule has 0 amide bonds. The third-order valence-electron chi connectivity index (χ3n) is 2.51. The second-order valence-electron chi connectivity index (χ2n) is 4.66. The lowest BCUT2D eigenvalue weighted by Crippen LogP contribution is -2.21. The second-order valence-corrected chi connectivity index (χ2v) is 7.66. The molecule has 1 N–H and O–H groups in total. The number of benzene rings is 1. The summed E-state index contributed by atoms with van der Waals surface area (Å²) in [5, 5.41) is 5.50. The van der Waals surface area contributed by atoms with Crippen LogP contribution < -0.4 is 5.32 Å². The van der Waals surface area contributed by atoms with Crippen LogP contribution in [0.25, 0.3) is 0 Å². The van der Waals surface area contributed by atoms with Crippen LogP contribution in [0.2, 0.25) is 0 Å². The Balaban J connectivity index is 2.06. The maximum Gasteiger partial charge on any atom is 0.154 e. The molecular formula is C14H17BrN2S2. The molecule has 0 radical (unpaired) electrons. The zero-order valence-corrected chi connectivity index (χ0v) is 14.5. The first-order valence-electron chi connectivity index (χ1n) is 6.16. The fraction of sp³-hybridized carbons (Fsp3) is 0.357. The fourth-order valence-corrected chi connectivity index (χ4v) is 4.00. The Morgan fingerprint density at radius 3 is 2.79 bits per heavy atom. The van der Waals surface area contributed by atoms with Gasteiger partial charge in [-0.05, 0) is 40.5 Å². The highest BCUT2D eigenvalue weighted by Gasteiger charge is 2.07. The number of aromatic nitrogens is 1. The van der Waals surface area contributed by atoms with Crippen LogP contribution in [-0.4, -0.2) is 11.0 Å². The average Bonchev–Trinajstić information content (AvgIpc) is 2.75. The zero-order valence-electron chi connectivity index (χ0n) is 11.2. The number of thiazole rings is 1. The van der Waals surface area contributed by atoms with Crippen molar-refractivity contribution in [3.63, 3.8) is 0 Å². The Morgan fingerprint density at radius 1 is 1.42 bits per heavy atom. The van der Waals surface area contributed by atoms with Gasteiger partial charge in [0.05, 0.1) is 0 Å². The number of hydrogen-bond donors (Lipinski definition) is 1. The van der Waals surface area contributed by atoms with Crippen molar-refractivity contribution in [2.24, 2.45) is 0 Å². The number of nitrogens with one attached hydrogen (secondary N) is 1. The summed E-state index contributed by atoms with van der Waals surface area (Å²) < 4.78 is 2.22. The van der Waals surface area contributed by atoms with E-state index in [1.165, 1.54) is 10.5 Å². The number of hydrogen-bond acceptors (Lipinski definition) is 4. The molecular weight excluding hydrogens is 340 g/mol. The van der Waals surface area contributed by atoms with Gasteiger partial charge in [-0.25, -0.2) is 4.98 Å². The van der Waals surface area contributed by atoms with E-state index >= 15 is 0 Å². The number of nitrogens with zero attached hydrogens (tertiary/aromatic N) is 1. The Kier molecular flexibility index (Phi) is 5.45. The summed E-state index contributed by atoms with van der Waals surface area (Å²) in [5.41, 5.74) is 2.38. The van der Waals surface area contributed by atoms with Crippen molar-refractivity contribution in [3.05, 3.63) is 39.3 Å². The maximum atomic E-state index is 4.48. The van der Waals surface area contributed by atoms with E-state index in [1.54, 1.807) is 23.1 Å². The molecule has 1 aromatic heterocycles. The highest BCUT2D eigenvalue weighted by Crippen LogP contribution is 2.35. The predicted octanol–water partition coefficient (Wildman–Crippen LogP) is 4.86. The van der Waals surface area contributed by atoms with Crippen molar-refractivity contribution >= 4 is 39.0 Å². The molecule has 5 heteroatoms. The van der Waals surface area contributed by atoms with Gasteiger partial charge in [0.2, 0.25) is 0 Å². The summed E-state index contributed by atoms with van der Waals surface area (Å²) in [6, 6.07) is 7.01. The summed E-state index contributed by atoms with van der Waals surface area (Å²) in [7, 11) is 0. The first kappa shape index (κ1) is 15.0. The third kappa shape index (κ3) is 4.60. The Labute approximate surface area is 131 Å². The van der Waals surface area contributed by atoms with Crippen LogP contribution in [0.3, 0.4) is 0 Å². The summed E-state index contributed by atoms with van der Waals surface area (Å²) in [6.45, 7) is 7.24. The summed E-state index contributed by atoms with van der Waals surface area (Å²) in [4.78, 5) is 5.69. The molecule has 1 heterocycles. The highest BCUT2D eigenvalue weighted by molar-refractivity contribution is 9.10. The van der Waals surface area contributed by atoms with E-state index in [1.807, 2.05) is 6.92 Å². The van der Waals surface area contributed by atoms with Crippen LogP contribution in [0, 0.1) is 6.92 Å². The monoisotopic (exact) mass is 356 g/mol. The SMILES string of the molecule is Cc1csc(Sc2ccc(CNC(C)C)cc2Br)n1. The number of rotatable bonds is 5. The highest BCUT2D eigenvalue weighted by atomic mass is 79.9. The van der Waals surface area contributed by atoms with E-state index < -0.39 is 0 Å². The number of halogens is 1. The quantitative estimate of drug-likeness (QED) is 0.827. The third-order valence-corrected chi connectivity index (χ3v) is 5.56. The minimum absolute atomic E-state index is 0.506.